The monoisotopic (exact) mass is 306 g/mol. The molecule has 0 unspecified atom stereocenters. The average molecular weight is 306 g/mol. The molecule has 0 radical (unpaired) electrons. The summed E-state index contributed by atoms with van der Waals surface area (Å²) in [4.78, 5) is 0. The van der Waals surface area contributed by atoms with E-state index < -0.39 is 0 Å². The molecule has 0 saturated carbocycles. The molecule has 1 heteroatoms. The van der Waals surface area contributed by atoms with E-state index in [1.54, 1.807) is 12.1 Å². The van der Waals surface area contributed by atoms with E-state index in [0.29, 0.717) is 5.92 Å². The summed E-state index contributed by atoms with van der Waals surface area (Å²) in [6.07, 6.45) is 3.14. The van der Waals surface area contributed by atoms with E-state index in [2.05, 4.69) is 58.0 Å². The summed E-state index contributed by atoms with van der Waals surface area (Å²) in [6, 6.07) is 13.9. The van der Waals surface area contributed by atoms with Gasteiger partial charge in [-0.2, -0.15) is 0 Å². The molecule has 0 atom stereocenters. The highest BCUT2D eigenvalue weighted by atomic mass is 19.1. The predicted molar refractivity (Wildman–Crippen MR) is 97.7 cm³/mol. The number of rotatable bonds is 3. The molecule has 2 aromatic carbocycles. The van der Waals surface area contributed by atoms with Gasteiger partial charge < -0.3 is 0 Å². The van der Waals surface area contributed by atoms with Gasteiger partial charge in [-0.1, -0.05) is 51.1 Å². The van der Waals surface area contributed by atoms with E-state index in [1.165, 1.54) is 27.8 Å². The van der Waals surface area contributed by atoms with Crippen LogP contribution in [0.1, 0.15) is 62.3 Å². The first-order valence-corrected chi connectivity index (χ1v) is 8.33. The van der Waals surface area contributed by atoms with Crippen LogP contribution in [0.3, 0.4) is 0 Å². The summed E-state index contributed by atoms with van der Waals surface area (Å²) in [5, 5.41) is 0. The normalized spacial score (nSPS) is 15.7. The largest absolute Gasteiger partial charge is 0.207 e. The molecule has 0 amide bonds. The molecule has 118 valence electrons. The van der Waals surface area contributed by atoms with Crippen LogP contribution < -0.4 is 0 Å². The van der Waals surface area contributed by atoms with Gasteiger partial charge >= 0.3 is 0 Å². The Kier molecular flexibility index (Phi) is 4.21. The Balaban J connectivity index is 2.07. The Hall–Kier alpha value is -2.15. The van der Waals surface area contributed by atoms with Crippen molar-refractivity contribution in [3.8, 4) is 0 Å². The lowest BCUT2D eigenvalue weighted by Gasteiger charge is -2.07. The number of allylic oxidation sites excluding steroid dienone is 3. The smallest absolute Gasteiger partial charge is 0.123 e. The van der Waals surface area contributed by atoms with Crippen molar-refractivity contribution in [1.29, 1.82) is 0 Å². The van der Waals surface area contributed by atoms with E-state index in [9.17, 15) is 4.39 Å². The summed E-state index contributed by atoms with van der Waals surface area (Å²) < 4.78 is 13.6. The standard InChI is InChI=1S/C22H23F/c1-5-19-15(4)21(20-11-10-18(23)13-22(19)20)12-16-6-8-17(9-7-16)14(2)3/h6-14H,5H2,1-4H3/b21-12-. The van der Waals surface area contributed by atoms with Gasteiger partial charge in [0.05, 0.1) is 0 Å². The van der Waals surface area contributed by atoms with E-state index in [-0.39, 0.29) is 5.82 Å². The lowest BCUT2D eigenvalue weighted by atomic mass is 9.98. The Morgan fingerprint density at radius 1 is 1.00 bits per heavy atom. The van der Waals surface area contributed by atoms with Crippen molar-refractivity contribution in [2.24, 2.45) is 0 Å². The van der Waals surface area contributed by atoms with Crippen LogP contribution in [0.4, 0.5) is 4.39 Å². The molecule has 23 heavy (non-hydrogen) atoms. The first-order valence-electron chi connectivity index (χ1n) is 8.33. The molecule has 1 aliphatic rings. The van der Waals surface area contributed by atoms with Gasteiger partial charge in [0.2, 0.25) is 0 Å². The SMILES string of the molecule is CCC1=C(C)/C(=C/c2ccc(C(C)C)cc2)c2ccc(F)cc21. The fourth-order valence-electron chi connectivity index (χ4n) is 3.35. The van der Waals surface area contributed by atoms with Gasteiger partial charge in [0.15, 0.2) is 0 Å². The molecule has 0 saturated heterocycles. The highest BCUT2D eigenvalue weighted by molar-refractivity contribution is 6.05. The lowest BCUT2D eigenvalue weighted by molar-refractivity contribution is 0.627. The fraction of sp³-hybridized carbons (Fsp3) is 0.273. The second-order valence-electron chi connectivity index (χ2n) is 6.53. The third kappa shape index (κ3) is 2.88. The molecule has 0 aliphatic heterocycles. The van der Waals surface area contributed by atoms with Crippen molar-refractivity contribution in [2.75, 3.05) is 0 Å². The van der Waals surface area contributed by atoms with E-state index in [1.807, 2.05) is 6.07 Å². The quantitative estimate of drug-likeness (QED) is 0.593. The van der Waals surface area contributed by atoms with Crippen LogP contribution in [0.25, 0.3) is 17.2 Å². The lowest BCUT2D eigenvalue weighted by Crippen LogP contribution is -1.88. The molecule has 0 heterocycles. The fourth-order valence-corrected chi connectivity index (χ4v) is 3.35. The number of halogens is 1. The van der Waals surface area contributed by atoms with Gasteiger partial charge in [0, 0.05) is 0 Å². The summed E-state index contributed by atoms with van der Waals surface area (Å²) in [7, 11) is 0. The van der Waals surface area contributed by atoms with Crippen LogP contribution in [-0.4, -0.2) is 0 Å². The molecule has 0 bridgehead atoms. The maximum absolute atomic E-state index is 13.6. The first-order chi connectivity index (χ1) is 11.0. The van der Waals surface area contributed by atoms with Crippen LogP contribution >= 0.6 is 0 Å². The minimum atomic E-state index is -0.162. The minimum absolute atomic E-state index is 0.162. The molecule has 3 rings (SSSR count). The Bertz CT molecular complexity index is 789. The molecule has 2 aromatic rings. The maximum atomic E-state index is 13.6. The Labute approximate surface area is 138 Å². The zero-order valence-electron chi connectivity index (χ0n) is 14.3. The van der Waals surface area contributed by atoms with Crippen LogP contribution in [0.15, 0.2) is 48.0 Å². The van der Waals surface area contributed by atoms with Gasteiger partial charge in [-0.15, -0.1) is 0 Å². The summed E-state index contributed by atoms with van der Waals surface area (Å²) in [6.45, 7) is 8.68. The van der Waals surface area contributed by atoms with Crippen molar-refractivity contribution in [3.05, 3.63) is 76.1 Å². The zero-order chi connectivity index (χ0) is 16.6. The summed E-state index contributed by atoms with van der Waals surface area (Å²) >= 11 is 0. The molecule has 1 aliphatic carbocycles. The third-order valence-corrected chi connectivity index (χ3v) is 4.72. The highest BCUT2D eigenvalue weighted by Gasteiger charge is 2.22. The van der Waals surface area contributed by atoms with Gasteiger partial charge in [-0.25, -0.2) is 4.39 Å². The maximum Gasteiger partial charge on any atom is 0.123 e. The first kappa shape index (κ1) is 15.7. The highest BCUT2D eigenvalue weighted by Crippen LogP contribution is 2.43. The van der Waals surface area contributed by atoms with E-state index in [0.717, 1.165) is 17.5 Å². The zero-order valence-corrected chi connectivity index (χ0v) is 14.3. The van der Waals surface area contributed by atoms with Gasteiger partial charge in [0.1, 0.15) is 5.82 Å². The molecular weight excluding hydrogens is 283 g/mol. The van der Waals surface area contributed by atoms with Crippen LogP contribution in [0, 0.1) is 5.82 Å². The second-order valence-corrected chi connectivity index (χ2v) is 6.53. The summed E-state index contributed by atoms with van der Waals surface area (Å²) in [5.74, 6) is 0.380. The number of hydrogen-bond acceptors (Lipinski definition) is 0. The molecule has 0 aromatic heterocycles. The molecular formula is C22H23F. The number of fused-ring (bicyclic) bond motifs is 1. The van der Waals surface area contributed by atoms with Gasteiger partial charge in [-0.3, -0.25) is 0 Å². The van der Waals surface area contributed by atoms with Crippen molar-refractivity contribution >= 4 is 17.2 Å². The summed E-state index contributed by atoms with van der Waals surface area (Å²) in [5.41, 5.74) is 8.47. The van der Waals surface area contributed by atoms with Gasteiger partial charge in [-0.05, 0) is 76.4 Å². The Morgan fingerprint density at radius 3 is 2.30 bits per heavy atom. The van der Waals surface area contributed by atoms with Crippen LogP contribution in [-0.2, 0) is 0 Å². The van der Waals surface area contributed by atoms with Crippen molar-refractivity contribution in [1.82, 2.24) is 0 Å². The number of benzene rings is 2. The molecule has 0 N–H and O–H groups in total. The molecule has 0 fully saturated rings. The third-order valence-electron chi connectivity index (χ3n) is 4.72. The molecule has 0 spiro atoms. The van der Waals surface area contributed by atoms with E-state index >= 15 is 0 Å². The number of hydrogen-bond donors (Lipinski definition) is 0. The Morgan fingerprint density at radius 2 is 1.70 bits per heavy atom. The van der Waals surface area contributed by atoms with Crippen molar-refractivity contribution in [2.45, 2.75) is 40.0 Å². The topological polar surface area (TPSA) is 0 Å². The van der Waals surface area contributed by atoms with Crippen LogP contribution in [0.5, 0.6) is 0 Å². The minimum Gasteiger partial charge on any atom is -0.207 e. The average Bonchev–Trinajstić information content (AvgIpc) is 2.79. The van der Waals surface area contributed by atoms with Crippen molar-refractivity contribution < 1.29 is 4.39 Å². The van der Waals surface area contributed by atoms with Crippen LogP contribution in [0.2, 0.25) is 0 Å². The van der Waals surface area contributed by atoms with Crippen molar-refractivity contribution in [3.63, 3.8) is 0 Å². The van der Waals surface area contributed by atoms with Gasteiger partial charge in [0.25, 0.3) is 0 Å². The second kappa shape index (κ2) is 6.16. The predicted octanol–water partition coefficient (Wildman–Crippen LogP) is 6.69. The molecule has 0 nitrogen and oxygen atoms in total. The van der Waals surface area contributed by atoms with E-state index in [4.69, 9.17) is 0 Å².